The lowest BCUT2D eigenvalue weighted by Crippen LogP contribution is -2.39. The van der Waals surface area contributed by atoms with Crippen molar-refractivity contribution in [1.29, 1.82) is 0 Å². The summed E-state index contributed by atoms with van der Waals surface area (Å²) in [6, 6.07) is 13.6. The number of sulfonamides is 1. The highest BCUT2D eigenvalue weighted by molar-refractivity contribution is 7.89. The van der Waals surface area contributed by atoms with E-state index in [1.165, 1.54) is 8.87 Å². The number of piperidine rings is 1. The smallest absolute Gasteiger partial charge is 0.326 e. The van der Waals surface area contributed by atoms with Crippen LogP contribution in [0.2, 0.25) is 0 Å². The van der Waals surface area contributed by atoms with E-state index in [4.69, 9.17) is 4.74 Å². The summed E-state index contributed by atoms with van der Waals surface area (Å²) in [5.41, 5.74) is 1.61. The number of fused-ring (bicyclic) bond motifs is 1. The molecule has 1 aliphatic heterocycles. The predicted molar refractivity (Wildman–Crippen MR) is 132 cm³/mol. The van der Waals surface area contributed by atoms with Gasteiger partial charge in [-0.2, -0.15) is 4.31 Å². The van der Waals surface area contributed by atoms with Crippen LogP contribution in [0.1, 0.15) is 25.3 Å². The quantitative estimate of drug-likeness (QED) is 0.377. The van der Waals surface area contributed by atoms with Crippen LogP contribution in [0.15, 0.2) is 63.7 Å². The molecule has 2 heterocycles. The second-order valence-electron chi connectivity index (χ2n) is 8.61. The standard InChI is InChI=1S/C25H28N4O6S/c1-3-35-22(30)16-29-21-7-5-4-6-20(21)23(25(29)32)26-27-24(31)18-12-14-28(15-13-18)36(33,34)19-10-8-17(2)9-11-19/h4-11,18,32H,3,12-16H2,1-2H3. The molecule has 1 aliphatic rings. The summed E-state index contributed by atoms with van der Waals surface area (Å²) in [7, 11) is -3.63. The number of carbonyl (C=O) groups excluding carboxylic acids is 2. The summed E-state index contributed by atoms with van der Waals surface area (Å²) in [5, 5.41) is 19.1. The second kappa shape index (κ2) is 10.6. The van der Waals surface area contributed by atoms with Crippen LogP contribution < -0.4 is 0 Å². The van der Waals surface area contributed by atoms with E-state index >= 15 is 0 Å². The van der Waals surface area contributed by atoms with Crippen LogP contribution in [0.4, 0.5) is 5.69 Å². The fourth-order valence-electron chi connectivity index (χ4n) is 4.25. The number of aryl methyl sites for hydroxylation is 1. The molecule has 0 saturated carbocycles. The summed E-state index contributed by atoms with van der Waals surface area (Å²) < 4.78 is 33.5. The highest BCUT2D eigenvalue weighted by atomic mass is 32.2. The highest BCUT2D eigenvalue weighted by Gasteiger charge is 2.32. The van der Waals surface area contributed by atoms with Gasteiger partial charge in [-0.15, -0.1) is 10.2 Å². The first-order valence-corrected chi connectivity index (χ1v) is 13.1. The van der Waals surface area contributed by atoms with Crippen LogP contribution in [0.5, 0.6) is 5.88 Å². The Morgan fingerprint density at radius 3 is 2.42 bits per heavy atom. The van der Waals surface area contributed by atoms with Crippen LogP contribution in [0, 0.1) is 12.8 Å². The lowest BCUT2D eigenvalue weighted by molar-refractivity contribution is -0.143. The summed E-state index contributed by atoms with van der Waals surface area (Å²) in [6.45, 7) is 3.99. The van der Waals surface area contributed by atoms with Crippen molar-refractivity contribution >= 4 is 38.5 Å². The first-order chi connectivity index (χ1) is 17.2. The van der Waals surface area contributed by atoms with Crippen LogP contribution in [0.3, 0.4) is 0 Å². The Kier molecular flexibility index (Phi) is 7.51. The van der Waals surface area contributed by atoms with Crippen molar-refractivity contribution in [2.24, 2.45) is 16.1 Å². The van der Waals surface area contributed by atoms with E-state index in [1.807, 2.05) is 6.92 Å². The van der Waals surface area contributed by atoms with E-state index in [0.29, 0.717) is 23.7 Å². The minimum absolute atomic E-state index is 0.0858. The molecule has 190 valence electrons. The van der Waals surface area contributed by atoms with Crippen molar-refractivity contribution in [3.05, 3.63) is 54.1 Å². The van der Waals surface area contributed by atoms with Crippen molar-refractivity contribution in [1.82, 2.24) is 8.87 Å². The van der Waals surface area contributed by atoms with Crippen LogP contribution >= 0.6 is 0 Å². The number of benzene rings is 2. The molecule has 1 amide bonds. The molecule has 0 radical (unpaired) electrons. The molecule has 1 aromatic heterocycles. The summed E-state index contributed by atoms with van der Waals surface area (Å²) in [6.07, 6.45) is 0.638. The number of nitrogens with zero attached hydrogens (tertiary/aromatic N) is 4. The Balaban J connectivity index is 1.47. The van der Waals surface area contributed by atoms with Gasteiger partial charge in [0.2, 0.25) is 15.9 Å². The SMILES string of the molecule is CCOC(=O)Cn1c(O)c(N=NC(=O)C2CCN(S(=O)(=O)c3ccc(C)cc3)CC2)c2ccccc21. The second-order valence-corrected chi connectivity index (χ2v) is 10.5. The zero-order chi connectivity index (χ0) is 25.9. The predicted octanol–water partition coefficient (Wildman–Crippen LogP) is 3.93. The first kappa shape index (κ1) is 25.5. The third-order valence-electron chi connectivity index (χ3n) is 6.22. The lowest BCUT2D eigenvalue weighted by Gasteiger charge is -2.29. The molecule has 2 aromatic carbocycles. The Bertz CT molecular complexity index is 1400. The minimum Gasteiger partial charge on any atom is -0.493 e. The van der Waals surface area contributed by atoms with E-state index in [9.17, 15) is 23.1 Å². The topological polar surface area (TPSA) is 131 Å². The molecule has 1 fully saturated rings. The van der Waals surface area contributed by atoms with Crippen molar-refractivity contribution in [2.75, 3.05) is 19.7 Å². The fourth-order valence-corrected chi connectivity index (χ4v) is 5.72. The maximum Gasteiger partial charge on any atom is 0.326 e. The molecule has 0 atom stereocenters. The van der Waals surface area contributed by atoms with Crippen LogP contribution in [-0.4, -0.2) is 54.0 Å². The van der Waals surface area contributed by atoms with Crippen molar-refractivity contribution in [2.45, 2.75) is 38.1 Å². The molecule has 0 unspecified atom stereocenters. The molecule has 1 N–H and O–H groups in total. The van der Waals surface area contributed by atoms with Gasteiger partial charge in [0.05, 0.1) is 17.0 Å². The molecule has 4 rings (SSSR count). The number of amides is 1. The summed E-state index contributed by atoms with van der Waals surface area (Å²) >= 11 is 0. The van der Waals surface area contributed by atoms with Gasteiger partial charge < -0.3 is 9.84 Å². The molecule has 36 heavy (non-hydrogen) atoms. The molecular weight excluding hydrogens is 484 g/mol. The third kappa shape index (κ3) is 5.17. The number of ether oxygens (including phenoxy) is 1. The number of aromatic nitrogens is 1. The number of hydrogen-bond acceptors (Lipinski definition) is 7. The van der Waals surface area contributed by atoms with E-state index in [1.54, 1.807) is 55.5 Å². The van der Waals surface area contributed by atoms with E-state index in [0.717, 1.165) is 5.56 Å². The van der Waals surface area contributed by atoms with Gasteiger partial charge in [-0.05, 0) is 44.9 Å². The van der Waals surface area contributed by atoms with Gasteiger partial charge in [0.1, 0.15) is 6.54 Å². The molecule has 0 aliphatic carbocycles. The Labute approximate surface area is 209 Å². The van der Waals surface area contributed by atoms with E-state index < -0.39 is 27.8 Å². The zero-order valence-corrected chi connectivity index (χ0v) is 20.9. The largest absolute Gasteiger partial charge is 0.493 e. The molecule has 10 nitrogen and oxygen atoms in total. The fraction of sp³-hybridized carbons (Fsp3) is 0.360. The molecular formula is C25H28N4O6S. The number of para-hydroxylation sites is 1. The van der Waals surface area contributed by atoms with Crippen molar-refractivity contribution < 1.29 is 27.9 Å². The minimum atomic E-state index is -3.63. The van der Waals surface area contributed by atoms with Crippen LogP contribution in [-0.2, 0) is 30.9 Å². The maximum absolute atomic E-state index is 12.9. The number of aromatic hydroxyl groups is 1. The Morgan fingerprint density at radius 2 is 1.75 bits per heavy atom. The molecule has 1 saturated heterocycles. The van der Waals surface area contributed by atoms with Gasteiger partial charge >= 0.3 is 5.97 Å². The number of azo groups is 1. The normalized spacial score (nSPS) is 15.5. The van der Waals surface area contributed by atoms with Crippen LogP contribution in [0.25, 0.3) is 10.9 Å². The third-order valence-corrected chi connectivity index (χ3v) is 8.13. The van der Waals surface area contributed by atoms with Gasteiger partial charge in [0, 0.05) is 24.4 Å². The van der Waals surface area contributed by atoms with E-state index in [2.05, 4.69) is 10.2 Å². The van der Waals surface area contributed by atoms with Gasteiger partial charge in [0.15, 0.2) is 5.69 Å². The van der Waals surface area contributed by atoms with Crippen molar-refractivity contribution in [3.8, 4) is 5.88 Å². The van der Waals surface area contributed by atoms with Gasteiger partial charge in [-0.25, -0.2) is 8.42 Å². The summed E-state index contributed by atoms with van der Waals surface area (Å²) in [4.78, 5) is 25.0. The zero-order valence-electron chi connectivity index (χ0n) is 20.1. The van der Waals surface area contributed by atoms with Gasteiger partial charge in [-0.3, -0.25) is 14.2 Å². The first-order valence-electron chi connectivity index (χ1n) is 11.7. The number of carbonyl (C=O) groups is 2. The molecule has 11 heteroatoms. The van der Waals surface area contributed by atoms with Gasteiger partial charge in [-0.1, -0.05) is 35.9 Å². The molecule has 3 aromatic rings. The number of rotatable bonds is 7. The van der Waals surface area contributed by atoms with Crippen molar-refractivity contribution in [3.63, 3.8) is 0 Å². The number of esters is 1. The molecule has 0 spiro atoms. The molecule has 0 bridgehead atoms. The van der Waals surface area contributed by atoms with Gasteiger partial charge in [0.25, 0.3) is 5.91 Å². The number of hydrogen-bond donors (Lipinski definition) is 1. The average Bonchev–Trinajstić information content (AvgIpc) is 3.13. The maximum atomic E-state index is 12.9. The summed E-state index contributed by atoms with van der Waals surface area (Å²) in [5.74, 6) is -1.77. The lowest BCUT2D eigenvalue weighted by atomic mass is 9.98. The average molecular weight is 513 g/mol. The Hall–Kier alpha value is -3.57. The highest BCUT2D eigenvalue weighted by Crippen LogP contribution is 2.39. The van der Waals surface area contributed by atoms with E-state index in [-0.39, 0.29) is 42.7 Å². The monoisotopic (exact) mass is 512 g/mol. The Morgan fingerprint density at radius 1 is 1.08 bits per heavy atom.